The van der Waals surface area contributed by atoms with Crippen LogP contribution >= 0.6 is 23.2 Å². The predicted octanol–water partition coefficient (Wildman–Crippen LogP) is 5.28. The molecule has 5 nitrogen and oxygen atoms in total. The van der Waals surface area contributed by atoms with Gasteiger partial charge in [0.1, 0.15) is 0 Å². The lowest BCUT2D eigenvalue weighted by Crippen LogP contribution is -2.03. The molecule has 0 bridgehead atoms. The van der Waals surface area contributed by atoms with Gasteiger partial charge in [-0.1, -0.05) is 40.9 Å². The molecule has 0 aliphatic carbocycles. The highest BCUT2D eigenvalue weighted by atomic mass is 35.5. The van der Waals surface area contributed by atoms with Crippen molar-refractivity contribution in [2.45, 2.75) is 13.8 Å². The fourth-order valence-electron chi connectivity index (χ4n) is 2.22. The van der Waals surface area contributed by atoms with Crippen LogP contribution in [-0.4, -0.2) is 15.2 Å². The summed E-state index contributed by atoms with van der Waals surface area (Å²) in [5.74, 6) is 0.929. The van der Waals surface area contributed by atoms with E-state index in [-0.39, 0.29) is 0 Å². The SMILES string of the molecule is Cc1ccc(Nc2cnnc(Nc3ccc(Cl)cc3Cl)n2)c(C)c1. The van der Waals surface area contributed by atoms with Crippen LogP contribution in [0.3, 0.4) is 0 Å². The summed E-state index contributed by atoms with van der Waals surface area (Å²) in [6, 6.07) is 11.3. The van der Waals surface area contributed by atoms with Crippen LogP contribution in [0.1, 0.15) is 11.1 Å². The fourth-order valence-corrected chi connectivity index (χ4v) is 2.68. The van der Waals surface area contributed by atoms with Crippen LogP contribution in [0, 0.1) is 13.8 Å². The molecule has 0 spiro atoms. The summed E-state index contributed by atoms with van der Waals surface area (Å²) < 4.78 is 0. The second-order valence-corrected chi connectivity index (χ2v) is 6.20. The molecule has 2 N–H and O–H groups in total. The molecule has 3 rings (SSSR count). The Labute approximate surface area is 150 Å². The monoisotopic (exact) mass is 359 g/mol. The van der Waals surface area contributed by atoms with Crippen LogP contribution in [0.5, 0.6) is 0 Å². The third kappa shape index (κ3) is 3.93. The van der Waals surface area contributed by atoms with Gasteiger partial charge >= 0.3 is 0 Å². The quantitative estimate of drug-likeness (QED) is 0.663. The normalized spacial score (nSPS) is 10.5. The van der Waals surface area contributed by atoms with Crippen molar-refractivity contribution in [2.75, 3.05) is 10.6 Å². The summed E-state index contributed by atoms with van der Waals surface area (Å²) >= 11 is 12.0. The summed E-state index contributed by atoms with van der Waals surface area (Å²) in [4.78, 5) is 4.40. The first-order valence-corrected chi connectivity index (χ1v) is 8.03. The van der Waals surface area contributed by atoms with Gasteiger partial charge in [-0.25, -0.2) is 0 Å². The summed E-state index contributed by atoms with van der Waals surface area (Å²) in [6.45, 7) is 4.09. The van der Waals surface area contributed by atoms with E-state index >= 15 is 0 Å². The number of rotatable bonds is 4. The molecule has 3 aromatic rings. The molecule has 2 aromatic carbocycles. The highest BCUT2D eigenvalue weighted by molar-refractivity contribution is 6.36. The van der Waals surface area contributed by atoms with Crippen molar-refractivity contribution < 1.29 is 0 Å². The second-order valence-electron chi connectivity index (χ2n) is 5.36. The Kier molecular flexibility index (Phi) is 4.83. The number of nitrogens with zero attached hydrogens (tertiary/aromatic N) is 3. The number of benzene rings is 2. The largest absolute Gasteiger partial charge is 0.339 e. The second kappa shape index (κ2) is 7.03. The molecule has 0 aliphatic heterocycles. The number of anilines is 4. The number of nitrogens with one attached hydrogen (secondary N) is 2. The van der Waals surface area contributed by atoms with E-state index in [0.717, 1.165) is 11.3 Å². The molecule has 0 amide bonds. The molecule has 0 radical (unpaired) electrons. The number of aryl methyl sites for hydroxylation is 2. The molecule has 1 heterocycles. The van der Waals surface area contributed by atoms with Crippen LogP contribution in [0.4, 0.5) is 23.1 Å². The fraction of sp³-hybridized carbons (Fsp3) is 0.118. The van der Waals surface area contributed by atoms with E-state index < -0.39 is 0 Å². The highest BCUT2D eigenvalue weighted by Crippen LogP contribution is 2.27. The van der Waals surface area contributed by atoms with E-state index in [9.17, 15) is 0 Å². The van der Waals surface area contributed by atoms with Crippen molar-refractivity contribution in [3.8, 4) is 0 Å². The van der Waals surface area contributed by atoms with Crippen molar-refractivity contribution in [3.63, 3.8) is 0 Å². The van der Waals surface area contributed by atoms with Gasteiger partial charge in [0.2, 0.25) is 5.95 Å². The van der Waals surface area contributed by atoms with E-state index in [4.69, 9.17) is 23.2 Å². The lowest BCUT2D eigenvalue weighted by Gasteiger charge is -2.11. The summed E-state index contributed by atoms with van der Waals surface area (Å²) in [6.07, 6.45) is 1.56. The van der Waals surface area contributed by atoms with Gasteiger partial charge in [0, 0.05) is 10.7 Å². The van der Waals surface area contributed by atoms with E-state index in [1.54, 1.807) is 24.4 Å². The van der Waals surface area contributed by atoms with Gasteiger partial charge in [0.05, 0.1) is 16.9 Å². The number of hydrogen-bond acceptors (Lipinski definition) is 5. The van der Waals surface area contributed by atoms with E-state index in [2.05, 4.69) is 38.8 Å². The smallest absolute Gasteiger partial charge is 0.249 e. The average molecular weight is 360 g/mol. The molecule has 0 unspecified atom stereocenters. The van der Waals surface area contributed by atoms with Crippen LogP contribution in [0.2, 0.25) is 10.0 Å². The number of halogens is 2. The van der Waals surface area contributed by atoms with E-state index in [1.165, 1.54) is 5.56 Å². The van der Waals surface area contributed by atoms with Crippen LogP contribution in [0.15, 0.2) is 42.6 Å². The summed E-state index contributed by atoms with van der Waals surface area (Å²) in [5.41, 5.74) is 3.96. The van der Waals surface area contributed by atoms with E-state index in [1.807, 2.05) is 19.1 Å². The van der Waals surface area contributed by atoms with Gasteiger partial charge in [0.15, 0.2) is 5.82 Å². The Bertz CT molecular complexity index is 814. The van der Waals surface area contributed by atoms with Crippen LogP contribution < -0.4 is 10.6 Å². The Balaban J connectivity index is 1.81. The first-order valence-electron chi connectivity index (χ1n) is 7.27. The van der Waals surface area contributed by atoms with E-state index in [0.29, 0.717) is 27.5 Å². The predicted molar refractivity (Wildman–Crippen MR) is 98.8 cm³/mol. The zero-order valence-electron chi connectivity index (χ0n) is 13.1. The Morgan fingerprint density at radius 2 is 1.71 bits per heavy atom. The average Bonchev–Trinajstić information content (AvgIpc) is 2.53. The van der Waals surface area contributed by atoms with Gasteiger partial charge in [-0.3, -0.25) is 0 Å². The van der Waals surface area contributed by atoms with Gasteiger partial charge in [-0.15, -0.1) is 5.10 Å². The van der Waals surface area contributed by atoms with Gasteiger partial charge < -0.3 is 10.6 Å². The molecule has 122 valence electrons. The van der Waals surface area contributed by atoms with Crippen molar-refractivity contribution in [2.24, 2.45) is 0 Å². The summed E-state index contributed by atoms with van der Waals surface area (Å²) in [7, 11) is 0. The minimum atomic E-state index is 0.342. The minimum absolute atomic E-state index is 0.342. The Morgan fingerprint density at radius 1 is 0.917 bits per heavy atom. The third-order valence-corrected chi connectivity index (χ3v) is 3.93. The number of aromatic nitrogens is 3. The topological polar surface area (TPSA) is 62.7 Å². The van der Waals surface area contributed by atoms with Crippen molar-refractivity contribution in [3.05, 3.63) is 63.8 Å². The zero-order chi connectivity index (χ0) is 17.1. The van der Waals surface area contributed by atoms with Gasteiger partial charge in [-0.2, -0.15) is 10.1 Å². The zero-order valence-corrected chi connectivity index (χ0v) is 14.7. The Morgan fingerprint density at radius 3 is 2.46 bits per heavy atom. The molecule has 7 heteroatoms. The van der Waals surface area contributed by atoms with Crippen molar-refractivity contribution in [1.29, 1.82) is 0 Å². The van der Waals surface area contributed by atoms with Gasteiger partial charge in [0.25, 0.3) is 0 Å². The molecule has 0 saturated carbocycles. The molecule has 0 atom stereocenters. The summed E-state index contributed by atoms with van der Waals surface area (Å²) in [5, 5.41) is 15.3. The maximum Gasteiger partial charge on any atom is 0.249 e. The first-order chi connectivity index (χ1) is 11.5. The van der Waals surface area contributed by atoms with Crippen LogP contribution in [-0.2, 0) is 0 Å². The molecule has 0 fully saturated rings. The molecular formula is C17H15Cl2N5. The highest BCUT2D eigenvalue weighted by Gasteiger charge is 2.06. The molecular weight excluding hydrogens is 345 g/mol. The molecule has 0 saturated heterocycles. The molecule has 1 aromatic heterocycles. The maximum absolute atomic E-state index is 6.15. The standard InChI is InChI=1S/C17H15Cl2N5/c1-10-3-5-14(11(2)7-10)21-16-9-20-24-17(23-16)22-15-6-4-12(18)8-13(15)19/h3-9H,1-2H3,(H2,21,22,23,24). The number of hydrogen-bond donors (Lipinski definition) is 2. The maximum atomic E-state index is 6.15. The Hall–Kier alpha value is -2.37. The van der Waals surface area contributed by atoms with Gasteiger partial charge in [-0.05, 0) is 43.7 Å². The molecule has 24 heavy (non-hydrogen) atoms. The van der Waals surface area contributed by atoms with Crippen molar-refractivity contribution in [1.82, 2.24) is 15.2 Å². The lowest BCUT2D eigenvalue weighted by atomic mass is 10.1. The third-order valence-electron chi connectivity index (χ3n) is 3.38. The van der Waals surface area contributed by atoms with Crippen molar-refractivity contribution >= 4 is 46.3 Å². The lowest BCUT2D eigenvalue weighted by molar-refractivity contribution is 0.982. The first kappa shape index (κ1) is 16.5. The molecule has 0 aliphatic rings. The van der Waals surface area contributed by atoms with Crippen LogP contribution in [0.25, 0.3) is 0 Å². The minimum Gasteiger partial charge on any atom is -0.339 e.